The molecule has 0 aliphatic carbocycles. The molecule has 6 heteroatoms. The fourth-order valence-electron chi connectivity index (χ4n) is 1.13. The molecular formula is C9H3Br2ClN2O. The van der Waals surface area contributed by atoms with Crippen LogP contribution in [-0.2, 0) is 0 Å². The molecule has 0 radical (unpaired) electrons. The van der Waals surface area contributed by atoms with E-state index < -0.39 is 5.24 Å². The Labute approximate surface area is 107 Å². The minimum atomic E-state index is -0.502. The highest BCUT2D eigenvalue weighted by atomic mass is 79.9. The van der Waals surface area contributed by atoms with Gasteiger partial charge in [-0.1, -0.05) is 0 Å². The molecule has 0 fully saturated rings. The van der Waals surface area contributed by atoms with Gasteiger partial charge in [0, 0.05) is 5.56 Å². The molecule has 0 atom stereocenters. The highest BCUT2D eigenvalue weighted by molar-refractivity contribution is 9.13. The van der Waals surface area contributed by atoms with Crippen molar-refractivity contribution < 1.29 is 4.79 Å². The summed E-state index contributed by atoms with van der Waals surface area (Å²) in [7, 11) is 0. The number of hydrogen-bond acceptors (Lipinski definition) is 3. The molecule has 0 aliphatic heterocycles. The first kappa shape index (κ1) is 11.0. The first-order valence-corrected chi connectivity index (χ1v) is 5.87. The van der Waals surface area contributed by atoms with Gasteiger partial charge in [0.05, 0.1) is 11.0 Å². The Kier molecular flexibility index (Phi) is 3.04. The van der Waals surface area contributed by atoms with Crippen LogP contribution in [0.3, 0.4) is 0 Å². The van der Waals surface area contributed by atoms with Gasteiger partial charge in [0.25, 0.3) is 5.24 Å². The molecule has 76 valence electrons. The zero-order valence-electron chi connectivity index (χ0n) is 7.17. The molecule has 0 N–H and O–H groups in total. The van der Waals surface area contributed by atoms with E-state index in [1.165, 1.54) is 0 Å². The SMILES string of the molecule is O=C(Cl)c1ccc2nc(Br)c(Br)nc2c1. The Bertz CT molecular complexity index is 559. The standard InChI is InChI=1S/C9H3Br2ClN2O/c10-7-8(11)14-6-3-4(9(12)15)1-2-5(6)13-7/h1-3H. The summed E-state index contributed by atoms with van der Waals surface area (Å²) in [6.07, 6.45) is 0. The van der Waals surface area contributed by atoms with Gasteiger partial charge in [0.15, 0.2) is 0 Å². The highest BCUT2D eigenvalue weighted by Crippen LogP contribution is 2.22. The van der Waals surface area contributed by atoms with E-state index in [0.29, 0.717) is 25.8 Å². The third-order valence-corrected chi connectivity index (χ3v) is 3.67. The van der Waals surface area contributed by atoms with Crippen LogP contribution in [0, 0.1) is 0 Å². The smallest absolute Gasteiger partial charge is 0.252 e. The van der Waals surface area contributed by atoms with Crippen molar-refractivity contribution in [3.8, 4) is 0 Å². The summed E-state index contributed by atoms with van der Waals surface area (Å²) in [5.74, 6) is 0. The summed E-state index contributed by atoms with van der Waals surface area (Å²) in [5, 5.41) is -0.502. The van der Waals surface area contributed by atoms with Crippen molar-refractivity contribution >= 4 is 59.7 Å². The number of hydrogen-bond donors (Lipinski definition) is 0. The maximum absolute atomic E-state index is 10.9. The molecule has 0 amide bonds. The lowest BCUT2D eigenvalue weighted by atomic mass is 10.2. The molecular weight excluding hydrogens is 347 g/mol. The molecule has 2 rings (SSSR count). The monoisotopic (exact) mass is 348 g/mol. The third kappa shape index (κ3) is 2.19. The Morgan fingerprint density at radius 3 is 2.33 bits per heavy atom. The Morgan fingerprint density at radius 1 is 1.13 bits per heavy atom. The van der Waals surface area contributed by atoms with Gasteiger partial charge < -0.3 is 0 Å². The summed E-state index contributed by atoms with van der Waals surface area (Å²) in [5.41, 5.74) is 1.73. The van der Waals surface area contributed by atoms with Crippen molar-refractivity contribution in [3.05, 3.63) is 33.0 Å². The van der Waals surface area contributed by atoms with Crippen LogP contribution in [0.2, 0.25) is 0 Å². The lowest BCUT2D eigenvalue weighted by Crippen LogP contribution is -1.92. The van der Waals surface area contributed by atoms with Crippen LogP contribution in [-0.4, -0.2) is 15.2 Å². The number of fused-ring (bicyclic) bond motifs is 1. The van der Waals surface area contributed by atoms with Crippen LogP contribution < -0.4 is 0 Å². The first-order chi connectivity index (χ1) is 7.08. The van der Waals surface area contributed by atoms with Crippen LogP contribution in [0.25, 0.3) is 11.0 Å². The quantitative estimate of drug-likeness (QED) is 0.739. The normalized spacial score (nSPS) is 10.6. The fraction of sp³-hybridized carbons (Fsp3) is 0. The number of halogens is 3. The number of aromatic nitrogens is 2. The first-order valence-electron chi connectivity index (χ1n) is 3.90. The zero-order valence-corrected chi connectivity index (χ0v) is 11.1. The van der Waals surface area contributed by atoms with Gasteiger partial charge in [-0.25, -0.2) is 9.97 Å². The average molecular weight is 350 g/mol. The number of rotatable bonds is 1. The molecule has 1 heterocycles. The Hall–Kier alpha value is -0.520. The second kappa shape index (κ2) is 4.15. The highest BCUT2D eigenvalue weighted by Gasteiger charge is 2.07. The van der Waals surface area contributed by atoms with E-state index in [4.69, 9.17) is 11.6 Å². The van der Waals surface area contributed by atoms with Gasteiger partial charge in [-0.05, 0) is 61.7 Å². The Morgan fingerprint density at radius 2 is 1.73 bits per heavy atom. The predicted molar refractivity (Wildman–Crippen MR) is 65.1 cm³/mol. The number of carbonyl (C=O) groups excluding carboxylic acids is 1. The average Bonchev–Trinajstić information content (AvgIpc) is 2.19. The number of benzene rings is 1. The van der Waals surface area contributed by atoms with E-state index in [-0.39, 0.29) is 0 Å². The summed E-state index contributed by atoms with van der Waals surface area (Å²) in [6.45, 7) is 0. The van der Waals surface area contributed by atoms with Crippen molar-refractivity contribution in [1.29, 1.82) is 0 Å². The summed E-state index contributed by atoms with van der Waals surface area (Å²) in [6, 6.07) is 4.93. The maximum atomic E-state index is 10.9. The number of carbonyl (C=O) groups is 1. The molecule has 3 nitrogen and oxygen atoms in total. The van der Waals surface area contributed by atoms with Crippen molar-refractivity contribution in [2.75, 3.05) is 0 Å². The molecule has 0 saturated heterocycles. The molecule has 2 aromatic rings. The molecule has 15 heavy (non-hydrogen) atoms. The van der Waals surface area contributed by atoms with Crippen LogP contribution in [0.15, 0.2) is 27.4 Å². The predicted octanol–water partition coefficient (Wildman–Crippen LogP) is 3.53. The van der Waals surface area contributed by atoms with Crippen LogP contribution in [0.1, 0.15) is 10.4 Å². The lowest BCUT2D eigenvalue weighted by molar-refractivity contribution is 0.108. The molecule has 0 bridgehead atoms. The zero-order chi connectivity index (χ0) is 11.0. The lowest BCUT2D eigenvalue weighted by Gasteiger charge is -2.00. The fourth-order valence-corrected chi connectivity index (χ4v) is 1.81. The van der Waals surface area contributed by atoms with Gasteiger partial charge in [0.2, 0.25) is 0 Å². The van der Waals surface area contributed by atoms with E-state index in [2.05, 4.69) is 41.8 Å². The van der Waals surface area contributed by atoms with Gasteiger partial charge in [-0.3, -0.25) is 4.79 Å². The van der Waals surface area contributed by atoms with Crippen LogP contribution in [0.5, 0.6) is 0 Å². The van der Waals surface area contributed by atoms with Crippen LogP contribution in [0.4, 0.5) is 0 Å². The van der Waals surface area contributed by atoms with E-state index >= 15 is 0 Å². The molecule has 1 aromatic heterocycles. The van der Waals surface area contributed by atoms with Crippen molar-refractivity contribution in [2.45, 2.75) is 0 Å². The van der Waals surface area contributed by atoms with Gasteiger partial charge in [-0.15, -0.1) is 0 Å². The molecule has 1 aromatic carbocycles. The topological polar surface area (TPSA) is 42.9 Å². The molecule has 0 aliphatic rings. The van der Waals surface area contributed by atoms with Gasteiger partial charge >= 0.3 is 0 Å². The minimum Gasteiger partial charge on any atom is -0.276 e. The van der Waals surface area contributed by atoms with E-state index in [1.807, 2.05) is 0 Å². The molecule has 0 unspecified atom stereocenters. The van der Waals surface area contributed by atoms with E-state index in [1.54, 1.807) is 18.2 Å². The Balaban J connectivity index is 2.72. The largest absolute Gasteiger partial charge is 0.276 e. The van der Waals surface area contributed by atoms with Crippen molar-refractivity contribution in [2.24, 2.45) is 0 Å². The second-order valence-electron chi connectivity index (χ2n) is 2.78. The van der Waals surface area contributed by atoms with Crippen LogP contribution >= 0.6 is 43.5 Å². The maximum Gasteiger partial charge on any atom is 0.252 e. The van der Waals surface area contributed by atoms with Gasteiger partial charge in [-0.2, -0.15) is 0 Å². The van der Waals surface area contributed by atoms with E-state index in [9.17, 15) is 4.79 Å². The molecule has 0 saturated carbocycles. The van der Waals surface area contributed by atoms with Crippen molar-refractivity contribution in [1.82, 2.24) is 9.97 Å². The van der Waals surface area contributed by atoms with Gasteiger partial charge in [0.1, 0.15) is 9.21 Å². The minimum absolute atomic E-state index is 0.410. The molecule has 0 spiro atoms. The summed E-state index contributed by atoms with van der Waals surface area (Å²) >= 11 is 11.9. The third-order valence-electron chi connectivity index (χ3n) is 1.81. The summed E-state index contributed by atoms with van der Waals surface area (Å²) < 4.78 is 1.22. The summed E-state index contributed by atoms with van der Waals surface area (Å²) in [4.78, 5) is 19.4. The van der Waals surface area contributed by atoms with Crippen molar-refractivity contribution in [3.63, 3.8) is 0 Å². The second-order valence-corrected chi connectivity index (χ2v) is 4.63. The number of nitrogens with zero attached hydrogens (tertiary/aromatic N) is 2. The van der Waals surface area contributed by atoms with E-state index in [0.717, 1.165) is 0 Å².